The summed E-state index contributed by atoms with van der Waals surface area (Å²) in [7, 11) is 0. The molecule has 1 heterocycles. The minimum absolute atomic E-state index is 0.203. The first-order valence-corrected chi connectivity index (χ1v) is 8.71. The van der Waals surface area contributed by atoms with E-state index in [-0.39, 0.29) is 5.92 Å². The normalized spacial score (nSPS) is 15.7. The number of piperazine rings is 1. The summed E-state index contributed by atoms with van der Waals surface area (Å²) in [4.78, 5) is 17.0. The second-order valence-corrected chi connectivity index (χ2v) is 6.54. The molecule has 0 bridgehead atoms. The van der Waals surface area contributed by atoms with Crippen LogP contribution in [0, 0.1) is 5.92 Å². The van der Waals surface area contributed by atoms with Crippen molar-refractivity contribution < 1.29 is 4.79 Å². The SMILES string of the molecule is CCC(CC)C(=O)N1CCN(c2ccccc2C(C)C)CC1. The first-order chi connectivity index (χ1) is 10.6. The van der Waals surface area contributed by atoms with Crippen LogP contribution >= 0.6 is 0 Å². The first-order valence-electron chi connectivity index (χ1n) is 8.71. The van der Waals surface area contributed by atoms with Gasteiger partial charge in [-0.25, -0.2) is 0 Å². The van der Waals surface area contributed by atoms with Gasteiger partial charge in [-0.3, -0.25) is 4.79 Å². The van der Waals surface area contributed by atoms with Gasteiger partial charge in [0, 0.05) is 37.8 Å². The van der Waals surface area contributed by atoms with Gasteiger partial charge in [0.1, 0.15) is 0 Å². The third-order valence-electron chi connectivity index (χ3n) is 4.83. The average molecular weight is 302 g/mol. The van der Waals surface area contributed by atoms with Crippen LogP contribution in [0.25, 0.3) is 0 Å². The summed E-state index contributed by atoms with van der Waals surface area (Å²) in [5, 5.41) is 0. The maximum Gasteiger partial charge on any atom is 0.225 e. The standard InChI is InChI=1S/C19H30N2O/c1-5-16(6-2)19(22)21-13-11-20(12-14-21)18-10-8-7-9-17(18)15(3)4/h7-10,15-16H,5-6,11-14H2,1-4H3. The predicted octanol–water partition coefficient (Wildman–Crippen LogP) is 3.89. The number of para-hydroxylation sites is 1. The molecular formula is C19H30N2O. The maximum absolute atomic E-state index is 12.5. The van der Waals surface area contributed by atoms with Crippen molar-refractivity contribution >= 4 is 11.6 Å². The Hall–Kier alpha value is -1.51. The van der Waals surface area contributed by atoms with Gasteiger partial charge < -0.3 is 9.80 Å². The summed E-state index contributed by atoms with van der Waals surface area (Å²) in [6.45, 7) is 12.3. The summed E-state index contributed by atoms with van der Waals surface area (Å²) in [5.74, 6) is 1.08. The molecule has 0 atom stereocenters. The van der Waals surface area contributed by atoms with Crippen molar-refractivity contribution in [3.05, 3.63) is 29.8 Å². The van der Waals surface area contributed by atoms with Crippen molar-refractivity contribution in [3.8, 4) is 0 Å². The smallest absolute Gasteiger partial charge is 0.225 e. The topological polar surface area (TPSA) is 23.6 Å². The Labute approximate surface area is 135 Å². The van der Waals surface area contributed by atoms with Crippen molar-refractivity contribution in [2.24, 2.45) is 5.92 Å². The van der Waals surface area contributed by atoms with E-state index in [1.165, 1.54) is 11.3 Å². The molecule has 1 aliphatic rings. The van der Waals surface area contributed by atoms with Crippen molar-refractivity contribution in [1.29, 1.82) is 0 Å². The molecule has 0 radical (unpaired) electrons. The zero-order valence-corrected chi connectivity index (χ0v) is 14.5. The molecule has 1 saturated heterocycles. The Bertz CT molecular complexity index is 486. The highest BCUT2D eigenvalue weighted by Crippen LogP contribution is 2.28. The second kappa shape index (κ2) is 7.66. The van der Waals surface area contributed by atoms with E-state index in [4.69, 9.17) is 0 Å². The highest BCUT2D eigenvalue weighted by Gasteiger charge is 2.26. The van der Waals surface area contributed by atoms with Crippen LogP contribution in [0.2, 0.25) is 0 Å². The molecule has 0 spiro atoms. The van der Waals surface area contributed by atoms with Crippen molar-refractivity contribution in [1.82, 2.24) is 4.90 Å². The summed E-state index contributed by atoms with van der Waals surface area (Å²) in [6, 6.07) is 8.67. The van der Waals surface area contributed by atoms with Crippen LogP contribution < -0.4 is 4.90 Å². The second-order valence-electron chi connectivity index (χ2n) is 6.54. The lowest BCUT2D eigenvalue weighted by Crippen LogP contribution is -2.50. The van der Waals surface area contributed by atoms with Gasteiger partial charge in [0.05, 0.1) is 0 Å². The van der Waals surface area contributed by atoms with Gasteiger partial charge in [0.25, 0.3) is 0 Å². The highest BCUT2D eigenvalue weighted by atomic mass is 16.2. The van der Waals surface area contributed by atoms with Crippen molar-refractivity contribution in [2.45, 2.75) is 46.5 Å². The van der Waals surface area contributed by atoms with E-state index in [1.807, 2.05) is 0 Å². The molecule has 1 aromatic rings. The van der Waals surface area contributed by atoms with E-state index in [0.717, 1.165) is 39.0 Å². The molecule has 0 aromatic heterocycles. The van der Waals surface area contributed by atoms with E-state index < -0.39 is 0 Å². The molecule has 3 nitrogen and oxygen atoms in total. The van der Waals surface area contributed by atoms with E-state index in [1.54, 1.807) is 0 Å². The zero-order valence-electron chi connectivity index (χ0n) is 14.5. The van der Waals surface area contributed by atoms with Gasteiger partial charge in [-0.2, -0.15) is 0 Å². The largest absolute Gasteiger partial charge is 0.368 e. The Morgan fingerprint density at radius 1 is 1.05 bits per heavy atom. The molecule has 0 unspecified atom stereocenters. The van der Waals surface area contributed by atoms with Gasteiger partial charge >= 0.3 is 0 Å². The Morgan fingerprint density at radius 2 is 1.64 bits per heavy atom. The number of hydrogen-bond donors (Lipinski definition) is 0. The summed E-state index contributed by atoms with van der Waals surface area (Å²) >= 11 is 0. The van der Waals surface area contributed by atoms with Crippen LogP contribution in [0.1, 0.15) is 52.0 Å². The van der Waals surface area contributed by atoms with E-state index >= 15 is 0 Å². The molecule has 122 valence electrons. The number of amides is 1. The molecule has 1 aliphatic heterocycles. The summed E-state index contributed by atoms with van der Waals surface area (Å²) in [5.41, 5.74) is 2.74. The molecule has 2 rings (SSSR count). The van der Waals surface area contributed by atoms with Crippen molar-refractivity contribution in [2.75, 3.05) is 31.1 Å². The lowest BCUT2D eigenvalue weighted by Gasteiger charge is -2.38. The van der Waals surface area contributed by atoms with Crippen molar-refractivity contribution in [3.63, 3.8) is 0 Å². The lowest BCUT2D eigenvalue weighted by molar-refractivity contribution is -0.136. The molecule has 1 fully saturated rings. The third-order valence-corrected chi connectivity index (χ3v) is 4.83. The van der Waals surface area contributed by atoms with Gasteiger partial charge in [0.2, 0.25) is 5.91 Å². The highest BCUT2D eigenvalue weighted by molar-refractivity contribution is 5.79. The first kappa shape index (κ1) is 16.9. The number of anilines is 1. The van der Waals surface area contributed by atoms with Crippen LogP contribution in [0.5, 0.6) is 0 Å². The van der Waals surface area contributed by atoms with E-state index in [0.29, 0.717) is 11.8 Å². The summed E-state index contributed by atoms with van der Waals surface area (Å²) in [6.07, 6.45) is 1.90. The van der Waals surface area contributed by atoms with Gasteiger partial charge in [-0.1, -0.05) is 45.9 Å². The number of carbonyl (C=O) groups is 1. The molecule has 0 N–H and O–H groups in total. The minimum Gasteiger partial charge on any atom is -0.368 e. The number of hydrogen-bond acceptors (Lipinski definition) is 2. The number of nitrogens with zero attached hydrogens (tertiary/aromatic N) is 2. The fourth-order valence-corrected chi connectivity index (χ4v) is 3.33. The number of carbonyl (C=O) groups excluding carboxylic acids is 1. The fourth-order valence-electron chi connectivity index (χ4n) is 3.33. The van der Waals surface area contributed by atoms with Gasteiger partial charge in [0.15, 0.2) is 0 Å². The Balaban J connectivity index is 2.02. The van der Waals surface area contributed by atoms with Crippen LogP contribution in [0.4, 0.5) is 5.69 Å². The van der Waals surface area contributed by atoms with Gasteiger partial charge in [-0.05, 0) is 30.4 Å². The van der Waals surface area contributed by atoms with Gasteiger partial charge in [-0.15, -0.1) is 0 Å². The number of benzene rings is 1. The monoisotopic (exact) mass is 302 g/mol. The Kier molecular flexibility index (Phi) is 5.87. The molecule has 3 heteroatoms. The third kappa shape index (κ3) is 3.63. The van der Waals surface area contributed by atoms with Crippen LogP contribution in [0.3, 0.4) is 0 Å². The average Bonchev–Trinajstić information content (AvgIpc) is 2.56. The molecule has 1 aromatic carbocycles. The minimum atomic E-state index is 0.203. The van der Waals surface area contributed by atoms with Crippen LogP contribution in [-0.2, 0) is 4.79 Å². The molecular weight excluding hydrogens is 272 g/mol. The molecule has 1 amide bonds. The fraction of sp³-hybridized carbons (Fsp3) is 0.632. The molecule has 22 heavy (non-hydrogen) atoms. The van der Waals surface area contributed by atoms with Crippen LogP contribution in [0.15, 0.2) is 24.3 Å². The number of rotatable bonds is 5. The van der Waals surface area contributed by atoms with E-state index in [9.17, 15) is 4.79 Å². The Morgan fingerprint density at radius 3 is 2.18 bits per heavy atom. The quantitative estimate of drug-likeness (QED) is 0.823. The zero-order chi connectivity index (χ0) is 16.1. The summed E-state index contributed by atoms with van der Waals surface area (Å²) < 4.78 is 0. The van der Waals surface area contributed by atoms with Crippen LogP contribution in [-0.4, -0.2) is 37.0 Å². The van der Waals surface area contributed by atoms with E-state index in [2.05, 4.69) is 61.8 Å². The molecule has 0 aliphatic carbocycles. The molecule has 0 saturated carbocycles. The maximum atomic E-state index is 12.5. The lowest BCUT2D eigenvalue weighted by atomic mass is 9.99. The predicted molar refractivity (Wildman–Crippen MR) is 93.4 cm³/mol.